The largest absolute Gasteiger partial charge is 0.314 e. The highest BCUT2D eigenvalue weighted by Crippen LogP contribution is 2.29. The third-order valence-electron chi connectivity index (χ3n) is 3.96. The maximum atomic E-state index is 11.1. The second-order valence-electron chi connectivity index (χ2n) is 5.75. The van der Waals surface area contributed by atoms with E-state index in [-0.39, 0.29) is 0 Å². The topological polar surface area (TPSA) is 46.2 Å². The highest BCUT2D eigenvalue weighted by atomic mass is 32.2. The molecule has 1 N–H and O–H groups in total. The molecule has 0 amide bonds. The summed E-state index contributed by atoms with van der Waals surface area (Å²) in [5.74, 6) is 1.26. The fourth-order valence-electron chi connectivity index (χ4n) is 2.96. The van der Waals surface area contributed by atoms with Gasteiger partial charge in [0.15, 0.2) is 0 Å². The minimum Gasteiger partial charge on any atom is -0.314 e. The molecule has 1 saturated carbocycles. The van der Waals surface area contributed by atoms with Crippen LogP contribution in [0.5, 0.6) is 0 Å². The molecular weight excluding hydrogens is 246 g/mol. The predicted octanol–water partition coefficient (Wildman–Crippen LogP) is 2.76. The SMILES string of the molecule is CCNC(CCCS(C)(=O)=O)CCC1CCCC1. The molecule has 0 aromatic carbocycles. The second-order valence-corrected chi connectivity index (χ2v) is 8.01. The van der Waals surface area contributed by atoms with Crippen molar-refractivity contribution in [2.75, 3.05) is 18.6 Å². The number of hydrogen-bond acceptors (Lipinski definition) is 3. The average molecular weight is 275 g/mol. The van der Waals surface area contributed by atoms with E-state index in [1.807, 2.05) is 0 Å². The minimum absolute atomic E-state index is 0.332. The Labute approximate surface area is 113 Å². The lowest BCUT2D eigenvalue weighted by Crippen LogP contribution is -2.29. The summed E-state index contributed by atoms with van der Waals surface area (Å²) in [5.41, 5.74) is 0. The van der Waals surface area contributed by atoms with Crippen LogP contribution in [-0.4, -0.2) is 33.0 Å². The molecule has 1 fully saturated rings. The molecule has 1 rings (SSSR count). The molecule has 0 aromatic heterocycles. The Morgan fingerprint density at radius 2 is 1.89 bits per heavy atom. The van der Waals surface area contributed by atoms with Crippen molar-refractivity contribution in [3.63, 3.8) is 0 Å². The molecule has 3 nitrogen and oxygen atoms in total. The standard InChI is InChI=1S/C14H29NO2S/c1-3-15-14(9-6-12-18(2,16)17)11-10-13-7-4-5-8-13/h13-15H,3-12H2,1-2H3. The van der Waals surface area contributed by atoms with Crippen molar-refractivity contribution in [1.29, 1.82) is 0 Å². The zero-order valence-corrected chi connectivity index (χ0v) is 12.8. The summed E-state index contributed by atoms with van der Waals surface area (Å²) in [5, 5.41) is 3.50. The Bertz CT molecular complexity index is 308. The number of hydrogen-bond donors (Lipinski definition) is 1. The molecular formula is C14H29NO2S. The Balaban J connectivity index is 2.21. The van der Waals surface area contributed by atoms with Crippen LogP contribution >= 0.6 is 0 Å². The van der Waals surface area contributed by atoms with Crippen molar-refractivity contribution >= 4 is 9.84 Å². The van der Waals surface area contributed by atoms with Crippen LogP contribution in [-0.2, 0) is 9.84 Å². The number of rotatable bonds is 9. The summed E-state index contributed by atoms with van der Waals surface area (Å²) in [7, 11) is -2.79. The quantitative estimate of drug-likeness (QED) is 0.704. The van der Waals surface area contributed by atoms with Crippen LogP contribution in [0.1, 0.15) is 58.3 Å². The lowest BCUT2D eigenvalue weighted by atomic mass is 9.96. The van der Waals surface area contributed by atoms with Crippen molar-refractivity contribution in [1.82, 2.24) is 5.32 Å². The van der Waals surface area contributed by atoms with Crippen molar-refractivity contribution < 1.29 is 8.42 Å². The zero-order chi connectivity index (χ0) is 13.4. The first kappa shape index (κ1) is 16.0. The van der Waals surface area contributed by atoms with Gasteiger partial charge in [-0.2, -0.15) is 0 Å². The van der Waals surface area contributed by atoms with Crippen LogP contribution in [0.15, 0.2) is 0 Å². The first-order valence-corrected chi connectivity index (χ1v) is 9.48. The van der Waals surface area contributed by atoms with E-state index in [2.05, 4.69) is 12.2 Å². The fourth-order valence-corrected chi connectivity index (χ4v) is 3.66. The third-order valence-corrected chi connectivity index (χ3v) is 4.99. The second kappa shape index (κ2) is 8.16. The van der Waals surface area contributed by atoms with Crippen LogP contribution in [0, 0.1) is 5.92 Å². The molecule has 1 unspecified atom stereocenters. The van der Waals surface area contributed by atoms with E-state index in [0.717, 1.165) is 25.3 Å². The maximum absolute atomic E-state index is 11.1. The summed E-state index contributed by atoms with van der Waals surface area (Å²) in [6.45, 7) is 3.10. The molecule has 0 aromatic rings. The van der Waals surface area contributed by atoms with Gasteiger partial charge in [-0.1, -0.05) is 32.6 Å². The monoisotopic (exact) mass is 275 g/mol. The van der Waals surface area contributed by atoms with Crippen LogP contribution in [0.2, 0.25) is 0 Å². The molecule has 1 aliphatic rings. The van der Waals surface area contributed by atoms with E-state index >= 15 is 0 Å². The fraction of sp³-hybridized carbons (Fsp3) is 1.00. The molecule has 1 atom stereocenters. The molecule has 0 radical (unpaired) electrons. The maximum Gasteiger partial charge on any atom is 0.147 e. The van der Waals surface area contributed by atoms with Gasteiger partial charge in [-0.15, -0.1) is 0 Å². The molecule has 18 heavy (non-hydrogen) atoms. The van der Waals surface area contributed by atoms with Crippen molar-refractivity contribution in [2.24, 2.45) is 5.92 Å². The summed E-state index contributed by atoms with van der Waals surface area (Å²) in [6.07, 6.45) is 11.3. The molecule has 1 aliphatic carbocycles. The molecule has 0 aliphatic heterocycles. The Morgan fingerprint density at radius 1 is 1.22 bits per heavy atom. The van der Waals surface area contributed by atoms with Gasteiger partial charge in [-0.25, -0.2) is 8.42 Å². The van der Waals surface area contributed by atoms with Crippen LogP contribution in [0.25, 0.3) is 0 Å². The smallest absolute Gasteiger partial charge is 0.147 e. The Morgan fingerprint density at radius 3 is 2.44 bits per heavy atom. The molecule has 0 saturated heterocycles. The van der Waals surface area contributed by atoms with Crippen LogP contribution in [0.3, 0.4) is 0 Å². The summed E-state index contributed by atoms with van der Waals surface area (Å²) < 4.78 is 22.2. The predicted molar refractivity (Wildman–Crippen MR) is 77.6 cm³/mol. The van der Waals surface area contributed by atoms with Crippen molar-refractivity contribution in [3.05, 3.63) is 0 Å². The first-order chi connectivity index (χ1) is 8.51. The summed E-state index contributed by atoms with van der Waals surface area (Å²) >= 11 is 0. The van der Waals surface area contributed by atoms with Gasteiger partial charge in [0, 0.05) is 18.1 Å². The Kier molecular flexibility index (Phi) is 7.23. The van der Waals surface area contributed by atoms with Crippen molar-refractivity contribution in [3.8, 4) is 0 Å². The van der Waals surface area contributed by atoms with Crippen molar-refractivity contribution in [2.45, 2.75) is 64.3 Å². The first-order valence-electron chi connectivity index (χ1n) is 7.42. The zero-order valence-electron chi connectivity index (χ0n) is 12.0. The molecule has 0 bridgehead atoms. The average Bonchev–Trinajstić information content (AvgIpc) is 2.77. The van der Waals surface area contributed by atoms with E-state index in [4.69, 9.17) is 0 Å². The van der Waals surface area contributed by atoms with E-state index < -0.39 is 9.84 Å². The summed E-state index contributed by atoms with van der Waals surface area (Å²) in [4.78, 5) is 0. The Hall–Kier alpha value is -0.0900. The van der Waals surface area contributed by atoms with E-state index in [0.29, 0.717) is 11.8 Å². The number of sulfone groups is 1. The van der Waals surface area contributed by atoms with Gasteiger partial charge >= 0.3 is 0 Å². The van der Waals surface area contributed by atoms with E-state index in [1.54, 1.807) is 0 Å². The number of nitrogens with one attached hydrogen (secondary N) is 1. The lowest BCUT2D eigenvalue weighted by Gasteiger charge is -2.19. The van der Waals surface area contributed by atoms with E-state index in [9.17, 15) is 8.42 Å². The van der Waals surface area contributed by atoms with Gasteiger partial charge < -0.3 is 5.32 Å². The summed E-state index contributed by atoms with van der Waals surface area (Å²) in [6, 6.07) is 0.511. The highest BCUT2D eigenvalue weighted by Gasteiger charge is 2.17. The molecule has 0 heterocycles. The van der Waals surface area contributed by atoms with Crippen LogP contribution < -0.4 is 5.32 Å². The molecule has 4 heteroatoms. The molecule has 108 valence electrons. The normalized spacial score (nSPS) is 19.2. The third kappa shape index (κ3) is 7.37. The van der Waals surface area contributed by atoms with E-state index in [1.165, 1.54) is 44.8 Å². The van der Waals surface area contributed by atoms with Gasteiger partial charge in [0.2, 0.25) is 0 Å². The lowest BCUT2D eigenvalue weighted by molar-refractivity contribution is 0.392. The van der Waals surface area contributed by atoms with Gasteiger partial charge in [0.05, 0.1) is 0 Å². The van der Waals surface area contributed by atoms with Gasteiger partial charge in [-0.3, -0.25) is 0 Å². The van der Waals surface area contributed by atoms with Crippen LogP contribution in [0.4, 0.5) is 0 Å². The minimum atomic E-state index is -2.79. The van der Waals surface area contributed by atoms with Gasteiger partial charge in [0.25, 0.3) is 0 Å². The van der Waals surface area contributed by atoms with Gasteiger partial charge in [-0.05, 0) is 38.1 Å². The molecule has 0 spiro atoms. The highest BCUT2D eigenvalue weighted by molar-refractivity contribution is 7.90. The van der Waals surface area contributed by atoms with Gasteiger partial charge in [0.1, 0.15) is 9.84 Å².